The molecule has 2 N–H and O–H groups in total. The first-order valence-electron chi connectivity index (χ1n) is 9.78. The minimum absolute atomic E-state index is 0.0213. The average Bonchev–Trinajstić information content (AvgIpc) is 3.07. The lowest BCUT2D eigenvalue weighted by Crippen LogP contribution is -2.48. The van der Waals surface area contributed by atoms with Gasteiger partial charge in [0.25, 0.3) is 0 Å². The van der Waals surface area contributed by atoms with E-state index in [0.717, 1.165) is 42.7 Å². The van der Waals surface area contributed by atoms with Crippen LogP contribution in [0.3, 0.4) is 0 Å². The monoisotopic (exact) mass is 397 g/mol. The van der Waals surface area contributed by atoms with Gasteiger partial charge in [0.2, 0.25) is 11.8 Å². The second-order valence-corrected chi connectivity index (χ2v) is 7.81. The van der Waals surface area contributed by atoms with Crippen molar-refractivity contribution in [3.63, 3.8) is 0 Å². The van der Waals surface area contributed by atoms with Crippen LogP contribution in [0.2, 0.25) is 5.02 Å². The Morgan fingerprint density at radius 1 is 1.21 bits per heavy atom. The zero-order valence-electron chi connectivity index (χ0n) is 15.7. The fourth-order valence-electron chi connectivity index (χ4n) is 4.05. The van der Waals surface area contributed by atoms with Crippen LogP contribution in [0.25, 0.3) is 0 Å². The summed E-state index contributed by atoms with van der Waals surface area (Å²) in [5.41, 5.74) is 4.13. The molecule has 2 aliphatic rings. The summed E-state index contributed by atoms with van der Waals surface area (Å²) in [6.45, 7) is 2.22. The van der Waals surface area contributed by atoms with Gasteiger partial charge in [-0.25, -0.2) is 0 Å². The van der Waals surface area contributed by atoms with Gasteiger partial charge < -0.3 is 15.5 Å². The lowest BCUT2D eigenvalue weighted by atomic mass is 10.0. The molecule has 1 fully saturated rings. The molecule has 2 heterocycles. The Morgan fingerprint density at radius 2 is 2.07 bits per heavy atom. The van der Waals surface area contributed by atoms with Crippen molar-refractivity contribution < 1.29 is 9.59 Å². The van der Waals surface area contributed by atoms with E-state index in [2.05, 4.69) is 16.7 Å². The maximum atomic E-state index is 12.9. The van der Waals surface area contributed by atoms with Gasteiger partial charge in [0.1, 0.15) is 0 Å². The van der Waals surface area contributed by atoms with E-state index in [1.807, 2.05) is 41.3 Å². The molecule has 1 saturated heterocycles. The van der Waals surface area contributed by atoms with Crippen molar-refractivity contribution in [3.8, 4) is 0 Å². The van der Waals surface area contributed by atoms with Crippen LogP contribution in [0.4, 0.5) is 5.69 Å². The SMILES string of the molecule is O=C1Cc2cc(CCCC(=O)N3CCNCC3c3ccccc3Cl)ccc2N1. The van der Waals surface area contributed by atoms with Crippen LogP contribution in [-0.2, 0) is 22.4 Å². The minimum atomic E-state index is -0.0213. The predicted molar refractivity (Wildman–Crippen MR) is 110 cm³/mol. The van der Waals surface area contributed by atoms with Crippen LogP contribution in [0.1, 0.15) is 35.6 Å². The molecule has 2 aromatic carbocycles. The lowest BCUT2D eigenvalue weighted by molar-refractivity contribution is -0.134. The van der Waals surface area contributed by atoms with Crippen LogP contribution < -0.4 is 10.6 Å². The Labute approximate surface area is 170 Å². The van der Waals surface area contributed by atoms with Crippen LogP contribution in [0, 0.1) is 0 Å². The number of amides is 2. The Morgan fingerprint density at radius 3 is 2.93 bits per heavy atom. The molecule has 2 aliphatic heterocycles. The first-order valence-corrected chi connectivity index (χ1v) is 10.2. The number of hydrogen-bond donors (Lipinski definition) is 2. The molecule has 5 nitrogen and oxygen atoms in total. The van der Waals surface area contributed by atoms with Gasteiger partial charge in [0, 0.05) is 36.8 Å². The normalized spacial score (nSPS) is 18.7. The molecule has 6 heteroatoms. The highest BCUT2D eigenvalue weighted by molar-refractivity contribution is 6.31. The van der Waals surface area contributed by atoms with Gasteiger partial charge in [0.05, 0.1) is 12.5 Å². The van der Waals surface area contributed by atoms with Crippen molar-refractivity contribution in [2.45, 2.75) is 31.7 Å². The molecule has 2 amide bonds. The van der Waals surface area contributed by atoms with Gasteiger partial charge in [0.15, 0.2) is 0 Å². The molecular weight excluding hydrogens is 374 g/mol. The zero-order valence-corrected chi connectivity index (χ0v) is 16.5. The van der Waals surface area contributed by atoms with E-state index in [1.54, 1.807) is 0 Å². The van der Waals surface area contributed by atoms with Crippen molar-refractivity contribution in [3.05, 3.63) is 64.2 Å². The number of nitrogens with one attached hydrogen (secondary N) is 2. The molecule has 4 rings (SSSR count). The number of rotatable bonds is 5. The molecule has 0 saturated carbocycles. The van der Waals surface area contributed by atoms with Crippen molar-refractivity contribution >= 4 is 29.1 Å². The highest BCUT2D eigenvalue weighted by atomic mass is 35.5. The predicted octanol–water partition coefficient (Wildman–Crippen LogP) is 3.33. The van der Waals surface area contributed by atoms with Crippen molar-refractivity contribution in [2.75, 3.05) is 25.0 Å². The van der Waals surface area contributed by atoms with Crippen LogP contribution >= 0.6 is 11.6 Å². The molecule has 28 heavy (non-hydrogen) atoms. The van der Waals surface area contributed by atoms with Crippen LogP contribution in [0.5, 0.6) is 0 Å². The summed E-state index contributed by atoms with van der Waals surface area (Å²) in [5, 5.41) is 6.92. The molecule has 1 unspecified atom stereocenters. The number of anilines is 1. The number of halogens is 1. The maximum Gasteiger partial charge on any atom is 0.228 e. The molecule has 2 aromatic rings. The Kier molecular flexibility index (Phi) is 5.64. The second-order valence-electron chi connectivity index (χ2n) is 7.40. The number of aryl methyl sites for hydroxylation is 1. The number of nitrogens with zero attached hydrogens (tertiary/aromatic N) is 1. The van der Waals surface area contributed by atoms with E-state index in [1.165, 1.54) is 5.56 Å². The fourth-order valence-corrected chi connectivity index (χ4v) is 4.31. The highest BCUT2D eigenvalue weighted by Gasteiger charge is 2.28. The summed E-state index contributed by atoms with van der Waals surface area (Å²) in [5.74, 6) is 0.219. The van der Waals surface area contributed by atoms with E-state index >= 15 is 0 Å². The molecular formula is C22H24ClN3O2. The van der Waals surface area contributed by atoms with Gasteiger partial charge in [-0.05, 0) is 41.7 Å². The topological polar surface area (TPSA) is 61.4 Å². The quantitative estimate of drug-likeness (QED) is 0.813. The van der Waals surface area contributed by atoms with Crippen molar-refractivity contribution in [1.82, 2.24) is 10.2 Å². The molecule has 146 valence electrons. The molecule has 0 bridgehead atoms. The minimum Gasteiger partial charge on any atom is -0.333 e. The summed E-state index contributed by atoms with van der Waals surface area (Å²) < 4.78 is 0. The van der Waals surface area contributed by atoms with Crippen molar-refractivity contribution in [1.29, 1.82) is 0 Å². The number of piperazine rings is 1. The number of benzene rings is 2. The standard InChI is InChI=1S/C22H24ClN3O2/c23-18-6-2-1-5-17(18)20-14-24-10-11-26(20)22(28)7-3-4-15-8-9-19-16(12-15)13-21(27)25-19/h1-2,5-6,8-9,12,20,24H,3-4,7,10-11,13-14H2,(H,25,27). The third-order valence-corrected chi connectivity index (χ3v) is 5.82. The number of carbonyl (C=O) groups excluding carboxylic acids is 2. The van der Waals surface area contributed by atoms with E-state index in [4.69, 9.17) is 11.6 Å². The molecule has 0 spiro atoms. The average molecular weight is 398 g/mol. The molecule has 0 radical (unpaired) electrons. The first-order chi connectivity index (χ1) is 13.6. The number of fused-ring (bicyclic) bond motifs is 1. The number of carbonyl (C=O) groups is 2. The maximum absolute atomic E-state index is 12.9. The van der Waals surface area contributed by atoms with Gasteiger partial charge in [-0.1, -0.05) is 41.9 Å². The van der Waals surface area contributed by atoms with Gasteiger partial charge in [-0.3, -0.25) is 9.59 Å². The summed E-state index contributed by atoms with van der Waals surface area (Å²) in [4.78, 5) is 26.4. The van der Waals surface area contributed by atoms with Crippen LogP contribution in [0.15, 0.2) is 42.5 Å². The van der Waals surface area contributed by atoms with E-state index in [-0.39, 0.29) is 17.9 Å². The highest BCUT2D eigenvalue weighted by Crippen LogP contribution is 2.29. The molecule has 0 aromatic heterocycles. The summed E-state index contributed by atoms with van der Waals surface area (Å²) in [6, 6.07) is 13.8. The summed E-state index contributed by atoms with van der Waals surface area (Å²) in [6.07, 6.45) is 2.58. The Balaban J connectivity index is 1.37. The lowest BCUT2D eigenvalue weighted by Gasteiger charge is -2.37. The van der Waals surface area contributed by atoms with Gasteiger partial charge in [-0.15, -0.1) is 0 Å². The van der Waals surface area contributed by atoms with E-state index in [9.17, 15) is 9.59 Å². The van der Waals surface area contributed by atoms with Gasteiger partial charge >= 0.3 is 0 Å². The Bertz CT molecular complexity index is 899. The van der Waals surface area contributed by atoms with Crippen LogP contribution in [-0.4, -0.2) is 36.3 Å². The second kappa shape index (κ2) is 8.33. The third-order valence-electron chi connectivity index (χ3n) is 5.48. The summed E-state index contributed by atoms with van der Waals surface area (Å²) in [7, 11) is 0. The van der Waals surface area contributed by atoms with E-state index in [0.29, 0.717) is 24.4 Å². The fraction of sp³-hybridized carbons (Fsp3) is 0.364. The Hall–Kier alpha value is -2.37. The smallest absolute Gasteiger partial charge is 0.228 e. The van der Waals surface area contributed by atoms with Crippen molar-refractivity contribution in [2.24, 2.45) is 0 Å². The molecule has 1 atom stereocenters. The van der Waals surface area contributed by atoms with Gasteiger partial charge in [-0.2, -0.15) is 0 Å². The van der Waals surface area contributed by atoms with E-state index < -0.39 is 0 Å². The number of hydrogen-bond acceptors (Lipinski definition) is 3. The summed E-state index contributed by atoms with van der Waals surface area (Å²) >= 11 is 6.37. The first kappa shape index (κ1) is 19.0. The molecule has 0 aliphatic carbocycles. The zero-order chi connectivity index (χ0) is 19.5. The largest absolute Gasteiger partial charge is 0.333 e. The third kappa shape index (κ3) is 4.05.